The van der Waals surface area contributed by atoms with E-state index in [1.165, 1.54) is 77.0 Å². The van der Waals surface area contributed by atoms with Crippen LogP contribution in [0.3, 0.4) is 0 Å². The monoisotopic (exact) mass is 284 g/mol. The van der Waals surface area contributed by atoms with Crippen LogP contribution in [0.15, 0.2) is 0 Å². The molecule has 0 fully saturated rings. The molecule has 0 rings (SSSR count). The second-order valence-corrected chi connectivity index (χ2v) is 5.97. The van der Waals surface area contributed by atoms with Crippen LogP contribution in [0.1, 0.15) is 104 Å². The molecule has 0 heterocycles. The molecule has 0 saturated carbocycles. The van der Waals surface area contributed by atoms with Gasteiger partial charge in [0.1, 0.15) is 6.10 Å². The number of carbonyl (C=O) groups is 1. The summed E-state index contributed by atoms with van der Waals surface area (Å²) < 4.78 is 5.22. The Kier molecular flexibility index (Phi) is 16.1. The largest absolute Gasteiger partial charge is 0.465 e. The lowest BCUT2D eigenvalue weighted by Gasteiger charge is -2.15. The van der Waals surface area contributed by atoms with E-state index in [4.69, 9.17) is 4.74 Å². The van der Waals surface area contributed by atoms with E-state index in [1.54, 1.807) is 0 Å². The average molecular weight is 284 g/mol. The predicted octanol–water partition coefficient (Wildman–Crippen LogP) is 6.03. The highest BCUT2D eigenvalue weighted by Gasteiger charge is 2.08. The first-order valence-electron chi connectivity index (χ1n) is 8.94. The molecule has 0 amide bonds. The van der Waals surface area contributed by atoms with E-state index in [0.717, 1.165) is 12.8 Å². The smallest absolute Gasteiger partial charge is 0.293 e. The molecular weight excluding hydrogens is 248 g/mol. The van der Waals surface area contributed by atoms with Gasteiger partial charge in [0, 0.05) is 0 Å². The number of carbonyl (C=O) groups excluding carboxylic acids is 1. The summed E-state index contributed by atoms with van der Waals surface area (Å²) in [5.74, 6) is 0. The van der Waals surface area contributed by atoms with Crippen molar-refractivity contribution in [2.45, 2.75) is 110 Å². The van der Waals surface area contributed by atoms with Crippen molar-refractivity contribution < 1.29 is 9.53 Å². The molecule has 0 aliphatic heterocycles. The maximum Gasteiger partial charge on any atom is 0.293 e. The molecule has 0 saturated heterocycles. The fourth-order valence-electron chi connectivity index (χ4n) is 2.66. The Hall–Kier alpha value is -0.530. The third-order valence-electron chi connectivity index (χ3n) is 4.01. The fourth-order valence-corrected chi connectivity index (χ4v) is 2.66. The van der Waals surface area contributed by atoms with E-state index >= 15 is 0 Å². The Bertz CT molecular complexity index is 176. The van der Waals surface area contributed by atoms with Crippen LogP contribution in [-0.2, 0) is 9.53 Å². The molecule has 0 radical (unpaired) electrons. The summed E-state index contributed by atoms with van der Waals surface area (Å²) in [6.07, 6.45) is 17.9. The maximum absolute atomic E-state index is 10.5. The number of unbranched alkanes of at least 4 members (excludes halogenated alkanes) is 10. The third-order valence-corrected chi connectivity index (χ3v) is 4.01. The molecule has 0 aliphatic carbocycles. The third kappa shape index (κ3) is 13.9. The van der Waals surface area contributed by atoms with E-state index in [0.29, 0.717) is 6.47 Å². The first kappa shape index (κ1) is 19.5. The molecule has 2 nitrogen and oxygen atoms in total. The van der Waals surface area contributed by atoms with Gasteiger partial charge in [0.2, 0.25) is 0 Å². The molecule has 0 unspecified atom stereocenters. The first-order valence-corrected chi connectivity index (χ1v) is 8.94. The Morgan fingerprint density at radius 1 is 0.700 bits per heavy atom. The van der Waals surface area contributed by atoms with Gasteiger partial charge in [0.25, 0.3) is 6.47 Å². The van der Waals surface area contributed by atoms with E-state index in [1.807, 2.05) is 0 Å². The van der Waals surface area contributed by atoms with Crippen LogP contribution in [0.2, 0.25) is 0 Å². The van der Waals surface area contributed by atoms with Gasteiger partial charge in [0.05, 0.1) is 0 Å². The maximum atomic E-state index is 10.5. The highest BCUT2D eigenvalue weighted by Crippen LogP contribution is 2.16. The van der Waals surface area contributed by atoms with Gasteiger partial charge < -0.3 is 4.74 Å². The molecule has 0 aliphatic rings. The van der Waals surface area contributed by atoms with Gasteiger partial charge in [-0.25, -0.2) is 0 Å². The normalized spacial score (nSPS) is 10.9. The van der Waals surface area contributed by atoms with E-state index < -0.39 is 0 Å². The van der Waals surface area contributed by atoms with Gasteiger partial charge in [-0.15, -0.1) is 0 Å². The number of ether oxygens (including phenoxy) is 1. The number of hydrogen-bond acceptors (Lipinski definition) is 2. The van der Waals surface area contributed by atoms with E-state index in [2.05, 4.69) is 13.8 Å². The van der Waals surface area contributed by atoms with Crippen molar-refractivity contribution in [1.82, 2.24) is 0 Å². The lowest BCUT2D eigenvalue weighted by Crippen LogP contribution is -2.12. The van der Waals surface area contributed by atoms with Gasteiger partial charge in [0.15, 0.2) is 0 Å². The summed E-state index contributed by atoms with van der Waals surface area (Å²) in [7, 11) is 0. The summed E-state index contributed by atoms with van der Waals surface area (Å²) in [5.41, 5.74) is 0. The molecule has 0 aromatic rings. The summed E-state index contributed by atoms with van der Waals surface area (Å²) in [5, 5.41) is 0. The van der Waals surface area contributed by atoms with Crippen molar-refractivity contribution in [2.24, 2.45) is 0 Å². The van der Waals surface area contributed by atoms with Gasteiger partial charge in [-0.05, 0) is 25.7 Å². The van der Waals surface area contributed by atoms with E-state index in [9.17, 15) is 4.79 Å². The van der Waals surface area contributed by atoms with Crippen LogP contribution in [0.4, 0.5) is 0 Å². The Morgan fingerprint density at radius 2 is 1.10 bits per heavy atom. The molecule has 20 heavy (non-hydrogen) atoms. The minimum Gasteiger partial charge on any atom is -0.465 e. The SMILES string of the molecule is CCCCCCCCC(CCCCCCCC)OC=O. The van der Waals surface area contributed by atoms with Crippen LogP contribution < -0.4 is 0 Å². The molecule has 0 bridgehead atoms. The van der Waals surface area contributed by atoms with Crippen molar-refractivity contribution >= 4 is 6.47 Å². The average Bonchev–Trinajstić information content (AvgIpc) is 2.46. The Labute approximate surface area is 126 Å². The standard InChI is InChI=1S/C18H36O2/c1-3-5-7-9-11-13-15-18(20-17-19)16-14-12-10-8-6-4-2/h17-18H,3-16H2,1-2H3. The van der Waals surface area contributed by atoms with Gasteiger partial charge >= 0.3 is 0 Å². The van der Waals surface area contributed by atoms with Crippen LogP contribution in [0.25, 0.3) is 0 Å². The number of rotatable bonds is 16. The van der Waals surface area contributed by atoms with Gasteiger partial charge in [-0.2, -0.15) is 0 Å². The van der Waals surface area contributed by atoms with Crippen molar-refractivity contribution in [2.75, 3.05) is 0 Å². The lowest BCUT2D eigenvalue weighted by molar-refractivity contribution is -0.134. The number of hydrogen-bond donors (Lipinski definition) is 0. The highest BCUT2D eigenvalue weighted by molar-refractivity contribution is 5.37. The lowest BCUT2D eigenvalue weighted by atomic mass is 10.0. The van der Waals surface area contributed by atoms with Gasteiger partial charge in [-0.3, -0.25) is 4.79 Å². The second kappa shape index (κ2) is 16.5. The molecule has 0 aromatic heterocycles. The molecular formula is C18H36O2. The Balaban J connectivity index is 3.47. The zero-order chi connectivity index (χ0) is 14.9. The van der Waals surface area contributed by atoms with Gasteiger partial charge in [-0.1, -0.05) is 78.1 Å². The molecule has 120 valence electrons. The van der Waals surface area contributed by atoms with Crippen molar-refractivity contribution in [3.63, 3.8) is 0 Å². The molecule has 0 aromatic carbocycles. The summed E-state index contributed by atoms with van der Waals surface area (Å²) in [6, 6.07) is 0. The van der Waals surface area contributed by atoms with E-state index in [-0.39, 0.29) is 6.10 Å². The highest BCUT2D eigenvalue weighted by atomic mass is 16.5. The Morgan fingerprint density at radius 3 is 1.50 bits per heavy atom. The van der Waals surface area contributed by atoms with Crippen LogP contribution in [-0.4, -0.2) is 12.6 Å². The second-order valence-electron chi connectivity index (χ2n) is 5.97. The topological polar surface area (TPSA) is 26.3 Å². The van der Waals surface area contributed by atoms with Crippen LogP contribution in [0.5, 0.6) is 0 Å². The molecule has 2 heteroatoms. The van der Waals surface area contributed by atoms with Crippen molar-refractivity contribution in [1.29, 1.82) is 0 Å². The molecule has 0 spiro atoms. The van der Waals surface area contributed by atoms with Crippen molar-refractivity contribution in [3.8, 4) is 0 Å². The van der Waals surface area contributed by atoms with Crippen LogP contribution >= 0.6 is 0 Å². The van der Waals surface area contributed by atoms with Crippen LogP contribution in [0, 0.1) is 0 Å². The minimum atomic E-state index is 0.171. The minimum absolute atomic E-state index is 0.171. The zero-order valence-corrected chi connectivity index (χ0v) is 13.9. The predicted molar refractivity (Wildman–Crippen MR) is 86.9 cm³/mol. The molecule has 0 atom stereocenters. The molecule has 0 N–H and O–H groups in total. The fraction of sp³-hybridized carbons (Fsp3) is 0.944. The zero-order valence-electron chi connectivity index (χ0n) is 13.9. The summed E-state index contributed by atoms with van der Waals surface area (Å²) >= 11 is 0. The quantitative estimate of drug-likeness (QED) is 0.255. The summed E-state index contributed by atoms with van der Waals surface area (Å²) in [6.45, 7) is 5.13. The van der Waals surface area contributed by atoms with Crippen molar-refractivity contribution in [3.05, 3.63) is 0 Å². The first-order chi connectivity index (χ1) is 9.85. The summed E-state index contributed by atoms with van der Waals surface area (Å²) in [4.78, 5) is 10.5.